The molecular formula is C79H86. The summed E-state index contributed by atoms with van der Waals surface area (Å²) in [5.41, 5.74) is 16.3. The second-order valence-electron chi connectivity index (χ2n) is 28.2. The summed E-state index contributed by atoms with van der Waals surface area (Å²) >= 11 is 0. The van der Waals surface area contributed by atoms with E-state index in [9.17, 15) is 0 Å². The van der Waals surface area contributed by atoms with Gasteiger partial charge in [-0.2, -0.15) is 0 Å². The number of unbranched alkanes of at least 4 members (excludes halogenated alkanes) is 6. The SMILES string of the molecule is C=Cc1cc(C23CC4CC(CC(C4)C2)C3)cc2ccc3c(C)cc(-c4cccc(C(CCCCCC)(CCCCCC)c5cccc(-c6cc(C)c7ccc8cc(C9%10CC%11CC(CC(C%11)C9)C%10)cc9ccc6c7c89)c5)c4)cc3c12. The third-order valence-electron chi connectivity index (χ3n) is 23.1. The lowest BCUT2D eigenvalue weighted by atomic mass is 9.48. The van der Waals surface area contributed by atoms with E-state index in [-0.39, 0.29) is 5.41 Å². The maximum Gasteiger partial charge on any atom is 0.0203 e. The van der Waals surface area contributed by atoms with Crippen molar-refractivity contribution >= 4 is 59.9 Å². The Kier molecular flexibility index (Phi) is 12.4. The molecule has 0 amide bonds. The largest absolute Gasteiger partial charge is 0.0984 e. The van der Waals surface area contributed by atoms with Gasteiger partial charge in [-0.25, -0.2) is 0 Å². The van der Waals surface area contributed by atoms with Crippen molar-refractivity contribution in [3.05, 3.63) is 173 Å². The molecule has 0 heteroatoms. The van der Waals surface area contributed by atoms with Crippen molar-refractivity contribution in [2.75, 3.05) is 0 Å². The fourth-order valence-corrected chi connectivity index (χ4v) is 20.3. The van der Waals surface area contributed by atoms with E-state index in [0.29, 0.717) is 10.8 Å². The van der Waals surface area contributed by atoms with Gasteiger partial charge in [0.25, 0.3) is 0 Å². The van der Waals surface area contributed by atoms with Crippen LogP contribution in [0.25, 0.3) is 82.2 Å². The minimum Gasteiger partial charge on any atom is -0.0984 e. The molecule has 0 saturated heterocycles. The standard InChI is InChI=1S/C79H86/c1-6-9-11-13-27-79(28-14-12-10-7-2,65-19-15-17-59(38-65)64-29-50(4)69-24-21-61-40-67(37-58(8-3)74(61)73(69)43-64)77-44-52-31-53(45-77)33-54(32-52)46-77)66-20-16-18-60(39-66)72-30-51(5)70-25-22-62-41-68(42-63-23-26-71(72)76(70)75(62)63)78-47-55-34-56(48-78)36-57(35-55)49-78/h8,15-26,29-30,37-43,52-57H,3,6-7,9-14,27-28,31-36,44-49H2,1-2,4-5H3. The number of rotatable bonds is 17. The molecule has 0 aromatic heterocycles. The number of hydrogen-bond donors (Lipinski definition) is 0. The van der Waals surface area contributed by atoms with Crippen molar-refractivity contribution in [3.63, 3.8) is 0 Å². The summed E-state index contributed by atoms with van der Waals surface area (Å²) in [5.74, 6) is 5.61. The van der Waals surface area contributed by atoms with E-state index in [0.717, 1.165) is 48.3 Å². The van der Waals surface area contributed by atoms with Gasteiger partial charge in [0.05, 0.1) is 0 Å². The predicted molar refractivity (Wildman–Crippen MR) is 340 cm³/mol. The van der Waals surface area contributed by atoms with Gasteiger partial charge in [0.15, 0.2) is 0 Å². The maximum atomic E-state index is 4.51. The second kappa shape index (κ2) is 19.5. The van der Waals surface area contributed by atoms with Crippen molar-refractivity contribution in [1.29, 1.82) is 0 Å². The highest BCUT2D eigenvalue weighted by molar-refractivity contribution is 6.26. The van der Waals surface area contributed by atoms with Gasteiger partial charge in [-0.15, -0.1) is 0 Å². The molecule has 0 heterocycles. The Morgan fingerprint density at radius 2 is 0.911 bits per heavy atom. The summed E-state index contributed by atoms with van der Waals surface area (Å²) in [6, 6.07) is 52.9. The van der Waals surface area contributed by atoms with Crippen molar-refractivity contribution in [2.24, 2.45) is 35.5 Å². The summed E-state index contributed by atoms with van der Waals surface area (Å²) in [6.45, 7) is 13.9. The van der Waals surface area contributed by atoms with Gasteiger partial charge >= 0.3 is 0 Å². The summed E-state index contributed by atoms with van der Waals surface area (Å²) < 4.78 is 0. The van der Waals surface area contributed by atoms with E-state index in [4.69, 9.17) is 0 Å². The van der Waals surface area contributed by atoms with Crippen LogP contribution in [0.4, 0.5) is 0 Å². The van der Waals surface area contributed by atoms with Crippen LogP contribution in [0.3, 0.4) is 0 Å². The van der Waals surface area contributed by atoms with Gasteiger partial charge in [0.2, 0.25) is 0 Å². The highest BCUT2D eigenvalue weighted by atomic mass is 14.6. The molecule has 0 unspecified atom stereocenters. The van der Waals surface area contributed by atoms with Gasteiger partial charge in [-0.05, 0) is 271 Å². The molecule has 8 bridgehead atoms. The monoisotopic (exact) mass is 1030 g/mol. The number of hydrogen-bond acceptors (Lipinski definition) is 0. The molecule has 8 fully saturated rings. The maximum absolute atomic E-state index is 4.51. The Labute approximate surface area is 473 Å². The zero-order chi connectivity index (χ0) is 53.2. The van der Waals surface area contributed by atoms with Gasteiger partial charge in [-0.1, -0.05) is 199 Å². The lowest BCUT2D eigenvalue weighted by Crippen LogP contribution is -2.48. The van der Waals surface area contributed by atoms with Gasteiger partial charge < -0.3 is 0 Å². The zero-order valence-electron chi connectivity index (χ0n) is 48.4. The lowest BCUT2D eigenvalue weighted by Gasteiger charge is -2.57. The Bertz CT molecular complexity index is 3730. The Hall–Kier alpha value is -5.72. The van der Waals surface area contributed by atoms with E-state index < -0.39 is 0 Å². The first-order chi connectivity index (χ1) is 38.6. The third kappa shape index (κ3) is 8.31. The lowest BCUT2D eigenvalue weighted by molar-refractivity contribution is -0.00523. The fourth-order valence-electron chi connectivity index (χ4n) is 20.3. The van der Waals surface area contributed by atoms with Crippen molar-refractivity contribution in [3.8, 4) is 22.3 Å². The highest BCUT2D eigenvalue weighted by Gasteiger charge is 2.53. The molecule has 8 saturated carbocycles. The van der Waals surface area contributed by atoms with Crippen molar-refractivity contribution < 1.29 is 0 Å². The highest BCUT2D eigenvalue weighted by Crippen LogP contribution is 2.63. The van der Waals surface area contributed by atoms with Crippen LogP contribution in [0.5, 0.6) is 0 Å². The molecule has 79 heavy (non-hydrogen) atoms. The molecule has 0 N–H and O–H groups in total. The molecular weight excluding hydrogens is 949 g/mol. The third-order valence-corrected chi connectivity index (χ3v) is 23.1. The second-order valence-corrected chi connectivity index (χ2v) is 28.2. The van der Waals surface area contributed by atoms with Crippen LogP contribution in [0, 0.1) is 49.4 Å². The normalized spacial score (nSPS) is 26.0. The van der Waals surface area contributed by atoms with Gasteiger partial charge in [-0.3, -0.25) is 0 Å². The number of fused-ring (bicyclic) bond motifs is 3. The molecule has 0 aliphatic heterocycles. The Morgan fingerprint density at radius 1 is 0.430 bits per heavy atom. The Morgan fingerprint density at radius 3 is 1.46 bits per heavy atom. The predicted octanol–water partition coefficient (Wildman–Crippen LogP) is 22.6. The quantitative estimate of drug-likeness (QED) is 0.0630. The summed E-state index contributed by atoms with van der Waals surface area (Å²) in [5, 5.41) is 14.1. The first-order valence-corrected chi connectivity index (χ1v) is 32.2. The van der Waals surface area contributed by atoms with Crippen LogP contribution in [0.2, 0.25) is 0 Å². The first kappa shape index (κ1) is 50.3. The summed E-state index contributed by atoms with van der Waals surface area (Å²) in [4.78, 5) is 0. The number of benzene rings is 9. The van der Waals surface area contributed by atoms with Crippen molar-refractivity contribution in [1.82, 2.24) is 0 Å². The summed E-state index contributed by atoms with van der Waals surface area (Å²) in [6.07, 6.45) is 31.9. The van der Waals surface area contributed by atoms with Crippen LogP contribution in [0.1, 0.15) is 194 Å². The molecule has 8 aliphatic carbocycles. The fraction of sp³-hybridized carbons (Fsp3) is 0.443. The van der Waals surface area contributed by atoms with E-state index in [2.05, 4.69) is 168 Å². The van der Waals surface area contributed by atoms with Crippen LogP contribution >= 0.6 is 0 Å². The molecule has 9 aromatic rings. The molecule has 9 aromatic carbocycles. The molecule has 8 aliphatic rings. The molecule has 0 radical (unpaired) electrons. The zero-order valence-corrected chi connectivity index (χ0v) is 48.4. The van der Waals surface area contributed by atoms with E-state index in [1.165, 1.54) is 232 Å². The van der Waals surface area contributed by atoms with Crippen molar-refractivity contribution in [2.45, 2.75) is 185 Å². The Balaban J connectivity index is 0.842. The van der Waals surface area contributed by atoms with Gasteiger partial charge in [0, 0.05) is 5.41 Å². The molecule has 0 spiro atoms. The van der Waals surface area contributed by atoms with E-state index >= 15 is 0 Å². The van der Waals surface area contributed by atoms with Crippen LogP contribution < -0.4 is 0 Å². The average Bonchev–Trinajstić information content (AvgIpc) is 3.62. The van der Waals surface area contributed by atoms with E-state index in [1.54, 1.807) is 11.1 Å². The minimum absolute atomic E-state index is 0.123. The molecule has 17 rings (SSSR count). The average molecular weight is 1040 g/mol. The van der Waals surface area contributed by atoms with Gasteiger partial charge in [0.1, 0.15) is 0 Å². The number of aryl methyl sites for hydroxylation is 2. The van der Waals surface area contributed by atoms with Crippen LogP contribution in [-0.4, -0.2) is 0 Å². The van der Waals surface area contributed by atoms with Crippen LogP contribution in [-0.2, 0) is 16.2 Å². The first-order valence-electron chi connectivity index (χ1n) is 32.2. The minimum atomic E-state index is -0.123. The molecule has 402 valence electrons. The molecule has 0 nitrogen and oxygen atoms in total. The van der Waals surface area contributed by atoms with Crippen LogP contribution in [0.15, 0.2) is 134 Å². The topological polar surface area (TPSA) is 0 Å². The smallest absolute Gasteiger partial charge is 0.0203 e. The van der Waals surface area contributed by atoms with E-state index in [1.807, 2.05) is 0 Å². The molecule has 0 atom stereocenters. The summed E-state index contributed by atoms with van der Waals surface area (Å²) in [7, 11) is 0.